The topological polar surface area (TPSA) is 39.7 Å². The van der Waals surface area contributed by atoms with Crippen LogP contribution in [-0.2, 0) is 9.47 Å². The smallest absolute Gasteiger partial charge is 0.173 e. The highest BCUT2D eigenvalue weighted by Gasteiger charge is 2.04. The zero-order chi connectivity index (χ0) is 13.4. The lowest BCUT2D eigenvalue weighted by Crippen LogP contribution is -2.23. The van der Waals surface area contributed by atoms with E-state index in [4.69, 9.17) is 14.2 Å². The van der Waals surface area contributed by atoms with Gasteiger partial charge in [-0.2, -0.15) is 0 Å². The molecule has 4 heteroatoms. The predicted molar refractivity (Wildman–Crippen MR) is 73.1 cm³/mol. The van der Waals surface area contributed by atoms with Gasteiger partial charge in [0.05, 0.1) is 13.2 Å². The molecule has 1 aromatic rings. The fourth-order valence-electron chi connectivity index (χ4n) is 1.42. The summed E-state index contributed by atoms with van der Waals surface area (Å²) in [4.78, 5) is 0. The summed E-state index contributed by atoms with van der Waals surface area (Å²) in [7, 11) is 3.25. The largest absolute Gasteiger partial charge is 0.493 e. The molecule has 0 radical (unpaired) electrons. The van der Waals surface area contributed by atoms with Crippen LogP contribution in [0, 0.1) is 5.92 Å². The van der Waals surface area contributed by atoms with Crippen LogP contribution in [0.5, 0.6) is 5.75 Å². The van der Waals surface area contributed by atoms with Crippen molar-refractivity contribution in [1.29, 1.82) is 0 Å². The Morgan fingerprint density at radius 2 is 1.89 bits per heavy atom. The molecule has 0 saturated heterocycles. The first-order chi connectivity index (χ1) is 8.65. The molecule has 0 amide bonds. The summed E-state index contributed by atoms with van der Waals surface area (Å²) >= 11 is 0. The van der Waals surface area contributed by atoms with Gasteiger partial charge in [0, 0.05) is 26.0 Å². The van der Waals surface area contributed by atoms with E-state index in [9.17, 15) is 0 Å². The molecule has 0 spiro atoms. The van der Waals surface area contributed by atoms with Crippen LogP contribution in [0.15, 0.2) is 24.3 Å². The molecular formula is C14H23NO3. The molecule has 0 heterocycles. The highest BCUT2D eigenvalue weighted by Crippen LogP contribution is 2.18. The molecule has 0 aliphatic carbocycles. The van der Waals surface area contributed by atoms with Crippen LogP contribution in [0.2, 0.25) is 0 Å². The third-order valence-corrected chi connectivity index (χ3v) is 2.42. The maximum atomic E-state index is 5.67. The van der Waals surface area contributed by atoms with Crippen molar-refractivity contribution >= 4 is 5.69 Å². The molecule has 0 fully saturated rings. The van der Waals surface area contributed by atoms with E-state index >= 15 is 0 Å². The minimum atomic E-state index is -0.245. The number of benzene rings is 1. The third kappa shape index (κ3) is 5.38. The van der Waals surface area contributed by atoms with Gasteiger partial charge >= 0.3 is 0 Å². The van der Waals surface area contributed by atoms with Crippen LogP contribution in [0.1, 0.15) is 13.8 Å². The highest BCUT2D eigenvalue weighted by molar-refractivity contribution is 5.48. The molecule has 0 aliphatic rings. The highest BCUT2D eigenvalue weighted by atomic mass is 16.7. The van der Waals surface area contributed by atoms with Gasteiger partial charge in [0.1, 0.15) is 5.75 Å². The average Bonchev–Trinajstić information content (AvgIpc) is 2.38. The van der Waals surface area contributed by atoms with E-state index in [0.717, 1.165) is 18.0 Å². The number of rotatable bonds is 8. The Bertz CT molecular complexity index is 338. The van der Waals surface area contributed by atoms with Gasteiger partial charge in [-0.3, -0.25) is 0 Å². The van der Waals surface area contributed by atoms with Crippen molar-refractivity contribution in [1.82, 2.24) is 0 Å². The minimum Gasteiger partial charge on any atom is -0.493 e. The zero-order valence-corrected chi connectivity index (χ0v) is 11.6. The SMILES string of the molecule is COC(CNc1cccc(OCC(C)C)c1)OC. The van der Waals surface area contributed by atoms with Crippen molar-refractivity contribution in [3.8, 4) is 5.75 Å². The van der Waals surface area contributed by atoms with E-state index < -0.39 is 0 Å². The summed E-state index contributed by atoms with van der Waals surface area (Å²) in [5.41, 5.74) is 0.996. The van der Waals surface area contributed by atoms with Crippen molar-refractivity contribution < 1.29 is 14.2 Å². The second-order valence-corrected chi connectivity index (χ2v) is 4.51. The van der Waals surface area contributed by atoms with E-state index in [1.165, 1.54) is 0 Å². The monoisotopic (exact) mass is 253 g/mol. The Hall–Kier alpha value is -1.26. The van der Waals surface area contributed by atoms with Crippen molar-refractivity contribution in [3.63, 3.8) is 0 Å². The van der Waals surface area contributed by atoms with Crippen LogP contribution in [-0.4, -0.2) is 33.7 Å². The van der Waals surface area contributed by atoms with Crippen LogP contribution in [0.3, 0.4) is 0 Å². The van der Waals surface area contributed by atoms with Gasteiger partial charge in [0.15, 0.2) is 6.29 Å². The van der Waals surface area contributed by atoms with Crippen LogP contribution in [0.25, 0.3) is 0 Å². The standard InChI is InChI=1S/C14H23NO3/c1-11(2)10-18-13-7-5-6-12(8-13)15-9-14(16-3)17-4/h5-8,11,14-15H,9-10H2,1-4H3. The van der Waals surface area contributed by atoms with E-state index in [1.807, 2.05) is 24.3 Å². The number of nitrogens with one attached hydrogen (secondary N) is 1. The molecule has 1 N–H and O–H groups in total. The first-order valence-electron chi connectivity index (χ1n) is 6.18. The Labute approximate surface area is 109 Å². The number of hydrogen-bond acceptors (Lipinski definition) is 4. The molecule has 4 nitrogen and oxygen atoms in total. The molecule has 0 aromatic heterocycles. The summed E-state index contributed by atoms with van der Waals surface area (Å²) in [5.74, 6) is 1.40. The third-order valence-electron chi connectivity index (χ3n) is 2.42. The number of anilines is 1. The van der Waals surface area contributed by atoms with Gasteiger partial charge in [0.25, 0.3) is 0 Å². The molecule has 0 aliphatic heterocycles. The van der Waals surface area contributed by atoms with E-state index in [2.05, 4.69) is 19.2 Å². The normalized spacial score (nSPS) is 11.0. The molecule has 18 heavy (non-hydrogen) atoms. The molecule has 0 atom stereocenters. The summed E-state index contributed by atoms with van der Waals surface area (Å²) in [5, 5.41) is 3.24. The Kier molecular flexibility index (Phi) is 6.54. The minimum absolute atomic E-state index is 0.245. The molecule has 1 rings (SSSR count). The quantitative estimate of drug-likeness (QED) is 0.723. The lowest BCUT2D eigenvalue weighted by atomic mass is 10.2. The van der Waals surface area contributed by atoms with Crippen molar-refractivity contribution in [2.75, 3.05) is 32.7 Å². The van der Waals surface area contributed by atoms with Gasteiger partial charge in [-0.15, -0.1) is 0 Å². The zero-order valence-electron chi connectivity index (χ0n) is 11.6. The molecule has 0 bridgehead atoms. The van der Waals surface area contributed by atoms with E-state index in [0.29, 0.717) is 12.5 Å². The first kappa shape index (κ1) is 14.8. The number of ether oxygens (including phenoxy) is 3. The first-order valence-corrected chi connectivity index (χ1v) is 6.18. The summed E-state index contributed by atoms with van der Waals surface area (Å²) in [6, 6.07) is 7.89. The fourth-order valence-corrected chi connectivity index (χ4v) is 1.42. The lowest BCUT2D eigenvalue weighted by molar-refractivity contribution is -0.0914. The molecular weight excluding hydrogens is 230 g/mol. The number of methoxy groups -OCH3 is 2. The van der Waals surface area contributed by atoms with E-state index in [1.54, 1.807) is 14.2 Å². The predicted octanol–water partition coefficient (Wildman–Crippen LogP) is 2.75. The Morgan fingerprint density at radius 3 is 2.50 bits per heavy atom. The van der Waals surface area contributed by atoms with Crippen molar-refractivity contribution in [2.45, 2.75) is 20.1 Å². The molecule has 0 unspecified atom stereocenters. The Balaban J connectivity index is 2.48. The molecule has 102 valence electrons. The van der Waals surface area contributed by atoms with Gasteiger partial charge < -0.3 is 19.5 Å². The summed E-state index contributed by atoms with van der Waals surface area (Å²) in [6.45, 7) is 5.58. The summed E-state index contributed by atoms with van der Waals surface area (Å²) < 4.78 is 15.9. The van der Waals surface area contributed by atoms with Gasteiger partial charge in [-0.1, -0.05) is 19.9 Å². The molecule has 1 aromatic carbocycles. The average molecular weight is 253 g/mol. The molecule has 0 saturated carbocycles. The van der Waals surface area contributed by atoms with Crippen LogP contribution < -0.4 is 10.1 Å². The van der Waals surface area contributed by atoms with Crippen LogP contribution >= 0.6 is 0 Å². The maximum Gasteiger partial charge on any atom is 0.173 e. The fraction of sp³-hybridized carbons (Fsp3) is 0.571. The van der Waals surface area contributed by atoms with Gasteiger partial charge in [0.2, 0.25) is 0 Å². The van der Waals surface area contributed by atoms with Gasteiger partial charge in [-0.05, 0) is 18.1 Å². The maximum absolute atomic E-state index is 5.67. The van der Waals surface area contributed by atoms with Gasteiger partial charge in [-0.25, -0.2) is 0 Å². The van der Waals surface area contributed by atoms with Crippen LogP contribution in [0.4, 0.5) is 5.69 Å². The Morgan fingerprint density at radius 1 is 1.17 bits per heavy atom. The second-order valence-electron chi connectivity index (χ2n) is 4.51. The summed E-state index contributed by atoms with van der Waals surface area (Å²) in [6.07, 6.45) is -0.245. The van der Waals surface area contributed by atoms with Crippen molar-refractivity contribution in [3.05, 3.63) is 24.3 Å². The lowest BCUT2D eigenvalue weighted by Gasteiger charge is -2.15. The van der Waals surface area contributed by atoms with E-state index in [-0.39, 0.29) is 6.29 Å². The second kappa shape index (κ2) is 7.95. The number of hydrogen-bond donors (Lipinski definition) is 1. The van der Waals surface area contributed by atoms with Crippen molar-refractivity contribution in [2.24, 2.45) is 5.92 Å².